The third kappa shape index (κ3) is 4.64. The number of tetrazole rings is 1. The van der Waals surface area contributed by atoms with Gasteiger partial charge < -0.3 is 14.5 Å². The molecule has 0 bridgehead atoms. The fourth-order valence-electron chi connectivity index (χ4n) is 4.47. The van der Waals surface area contributed by atoms with Gasteiger partial charge in [-0.1, -0.05) is 18.2 Å². The van der Waals surface area contributed by atoms with E-state index < -0.39 is 0 Å². The number of fused-ring (bicyclic) bond motifs is 2. The zero-order chi connectivity index (χ0) is 24.7. The Labute approximate surface area is 203 Å². The fourth-order valence-corrected chi connectivity index (χ4v) is 4.47. The smallest absolute Gasteiger partial charge is 0.252 e. The average molecular weight is 475 g/mol. The van der Waals surface area contributed by atoms with E-state index in [9.17, 15) is 4.79 Å². The van der Waals surface area contributed by atoms with Crippen molar-refractivity contribution in [1.82, 2.24) is 30.1 Å². The molecule has 0 fully saturated rings. The number of hydrogen-bond donors (Lipinski definition) is 1. The molecule has 0 saturated carbocycles. The van der Waals surface area contributed by atoms with Crippen molar-refractivity contribution in [3.63, 3.8) is 0 Å². The molecule has 0 unspecified atom stereocenters. The van der Waals surface area contributed by atoms with Crippen LogP contribution >= 0.6 is 0 Å². The van der Waals surface area contributed by atoms with Gasteiger partial charge in [0, 0.05) is 24.0 Å². The number of H-pyrrole nitrogens is 1. The molecule has 2 aromatic heterocycles. The maximum Gasteiger partial charge on any atom is 0.252 e. The Hall–Kier alpha value is -3.72. The highest BCUT2D eigenvalue weighted by molar-refractivity contribution is 5.85. The number of rotatable bonds is 6. The summed E-state index contributed by atoms with van der Waals surface area (Å²) in [6.07, 6.45) is 0. The summed E-state index contributed by atoms with van der Waals surface area (Å²) >= 11 is 0. The Morgan fingerprint density at radius 1 is 1.00 bits per heavy atom. The lowest BCUT2D eigenvalue weighted by atomic mass is 10.0. The Bertz CT molecular complexity index is 1450. The van der Waals surface area contributed by atoms with E-state index >= 15 is 0 Å². The van der Waals surface area contributed by atoms with E-state index in [1.807, 2.05) is 41.9 Å². The van der Waals surface area contributed by atoms with Gasteiger partial charge in [-0.3, -0.25) is 9.69 Å². The van der Waals surface area contributed by atoms with Gasteiger partial charge in [0.05, 0.1) is 17.6 Å². The quantitative estimate of drug-likeness (QED) is 0.454. The molecule has 9 nitrogen and oxygen atoms in total. The Morgan fingerprint density at radius 2 is 1.77 bits per heavy atom. The van der Waals surface area contributed by atoms with Crippen LogP contribution in [0.2, 0.25) is 0 Å². The molecule has 0 aliphatic carbocycles. The predicted octanol–water partition coefficient (Wildman–Crippen LogP) is 3.82. The molecule has 5 rings (SSSR count). The van der Waals surface area contributed by atoms with E-state index in [1.54, 1.807) is 0 Å². The van der Waals surface area contributed by atoms with Crippen LogP contribution in [0.25, 0.3) is 10.9 Å². The Morgan fingerprint density at radius 3 is 2.57 bits per heavy atom. The Balaban J connectivity index is 1.51. The molecule has 0 spiro atoms. The largest absolute Gasteiger partial charge is 0.454 e. The maximum atomic E-state index is 13.1. The van der Waals surface area contributed by atoms with Crippen molar-refractivity contribution in [3.8, 4) is 11.5 Å². The number of nitrogens with zero attached hydrogens (tertiary/aromatic N) is 5. The number of nitrogens with one attached hydrogen (secondary N) is 1. The Kier molecular flexibility index (Phi) is 5.80. The minimum absolute atomic E-state index is 0.0858. The lowest BCUT2D eigenvalue weighted by molar-refractivity contribution is 0.174. The minimum Gasteiger partial charge on any atom is -0.454 e. The molecular formula is C26H30N6O3. The van der Waals surface area contributed by atoms with Crippen molar-refractivity contribution in [2.45, 2.75) is 59.8 Å². The van der Waals surface area contributed by atoms with Gasteiger partial charge in [-0.15, -0.1) is 5.10 Å². The molecule has 3 heterocycles. The zero-order valence-corrected chi connectivity index (χ0v) is 20.8. The first-order valence-corrected chi connectivity index (χ1v) is 11.7. The molecule has 4 aromatic rings. The molecule has 9 heteroatoms. The van der Waals surface area contributed by atoms with E-state index in [2.05, 4.69) is 59.2 Å². The van der Waals surface area contributed by atoms with Crippen LogP contribution in [0.3, 0.4) is 0 Å². The van der Waals surface area contributed by atoms with E-state index in [0.717, 1.165) is 44.9 Å². The van der Waals surface area contributed by atoms with Gasteiger partial charge in [0.25, 0.3) is 5.56 Å². The average Bonchev–Trinajstić information content (AvgIpc) is 3.46. The second-order valence-electron chi connectivity index (χ2n) is 10.1. The first kappa shape index (κ1) is 23.0. The van der Waals surface area contributed by atoms with Gasteiger partial charge in [-0.2, -0.15) is 0 Å². The highest BCUT2D eigenvalue weighted by atomic mass is 16.7. The lowest BCUT2D eigenvalue weighted by Crippen LogP contribution is -2.31. The third-order valence-corrected chi connectivity index (χ3v) is 6.29. The van der Waals surface area contributed by atoms with Gasteiger partial charge in [0.2, 0.25) is 6.79 Å². The molecular weight excluding hydrogens is 444 g/mol. The maximum absolute atomic E-state index is 13.1. The van der Waals surface area contributed by atoms with E-state index in [1.165, 1.54) is 0 Å². The summed E-state index contributed by atoms with van der Waals surface area (Å²) in [5.74, 6) is 2.22. The monoisotopic (exact) mass is 474 g/mol. The summed E-state index contributed by atoms with van der Waals surface area (Å²) in [5, 5.41) is 13.5. The highest BCUT2D eigenvalue weighted by Crippen LogP contribution is 2.33. The van der Waals surface area contributed by atoms with Crippen LogP contribution in [-0.2, 0) is 25.2 Å². The summed E-state index contributed by atoms with van der Waals surface area (Å²) in [5.41, 5.74) is 4.46. The molecule has 182 valence electrons. The van der Waals surface area contributed by atoms with Gasteiger partial charge in [-0.25, -0.2) is 4.68 Å². The van der Waals surface area contributed by atoms with Crippen LogP contribution in [0.4, 0.5) is 0 Å². The van der Waals surface area contributed by atoms with Crippen molar-refractivity contribution in [2.24, 2.45) is 0 Å². The van der Waals surface area contributed by atoms with Crippen molar-refractivity contribution in [2.75, 3.05) is 6.79 Å². The summed E-state index contributed by atoms with van der Waals surface area (Å²) in [6.45, 7) is 12.0. The van der Waals surface area contributed by atoms with E-state index in [-0.39, 0.29) is 17.9 Å². The molecule has 0 radical (unpaired) electrons. The molecule has 0 atom stereocenters. The third-order valence-electron chi connectivity index (χ3n) is 6.29. The minimum atomic E-state index is -0.266. The number of hydrogen-bond acceptors (Lipinski definition) is 7. The van der Waals surface area contributed by atoms with Crippen molar-refractivity contribution < 1.29 is 9.47 Å². The van der Waals surface area contributed by atoms with Gasteiger partial charge >= 0.3 is 0 Å². The van der Waals surface area contributed by atoms with Crippen molar-refractivity contribution >= 4 is 10.9 Å². The number of aromatic nitrogens is 5. The molecule has 0 saturated heterocycles. The molecule has 35 heavy (non-hydrogen) atoms. The van der Waals surface area contributed by atoms with Gasteiger partial charge in [-0.05, 0) is 79.9 Å². The second kappa shape index (κ2) is 8.81. The number of aryl methyl sites for hydroxylation is 2. The number of ether oxygens (including phenoxy) is 2. The predicted molar refractivity (Wildman–Crippen MR) is 132 cm³/mol. The van der Waals surface area contributed by atoms with Crippen LogP contribution in [0.1, 0.15) is 48.8 Å². The normalized spacial score (nSPS) is 13.2. The van der Waals surface area contributed by atoms with Crippen LogP contribution < -0.4 is 15.0 Å². The first-order chi connectivity index (χ1) is 16.7. The van der Waals surface area contributed by atoms with Crippen molar-refractivity contribution in [1.29, 1.82) is 0 Å². The topological polar surface area (TPSA) is 98.2 Å². The number of aromatic amines is 1. The SMILES string of the molecule is Cc1ccc(C)c2[nH]c(=O)c(CN(Cc3ccc4c(c3)OCO4)Cc3nnnn3C(C)(C)C)cc12. The highest BCUT2D eigenvalue weighted by Gasteiger charge is 2.23. The van der Waals surface area contributed by atoms with Crippen LogP contribution in [-0.4, -0.2) is 36.9 Å². The fraction of sp³-hybridized carbons (Fsp3) is 0.385. The van der Waals surface area contributed by atoms with Gasteiger partial charge in [0.15, 0.2) is 17.3 Å². The van der Waals surface area contributed by atoms with Crippen LogP contribution in [0, 0.1) is 13.8 Å². The molecule has 1 N–H and O–H groups in total. The summed E-state index contributed by atoms with van der Waals surface area (Å²) in [7, 11) is 0. The summed E-state index contributed by atoms with van der Waals surface area (Å²) in [4.78, 5) is 18.4. The lowest BCUT2D eigenvalue weighted by Gasteiger charge is -2.25. The van der Waals surface area contributed by atoms with Crippen LogP contribution in [0.15, 0.2) is 41.2 Å². The molecule has 1 aliphatic rings. The summed E-state index contributed by atoms with van der Waals surface area (Å²) in [6, 6.07) is 12.1. The number of benzene rings is 2. The first-order valence-electron chi connectivity index (χ1n) is 11.7. The summed E-state index contributed by atoms with van der Waals surface area (Å²) < 4.78 is 12.9. The second-order valence-corrected chi connectivity index (χ2v) is 10.1. The van der Waals surface area contributed by atoms with E-state index in [0.29, 0.717) is 25.2 Å². The standard InChI is InChI=1S/C26H30N6O3/c1-16-6-7-17(2)24-20(16)11-19(25(33)27-24)13-31(14-23-28-29-30-32(23)26(3,4)5)12-18-8-9-21-22(10-18)35-15-34-21/h6-11H,12-15H2,1-5H3,(H,27,33). The zero-order valence-electron chi connectivity index (χ0n) is 20.8. The van der Waals surface area contributed by atoms with Gasteiger partial charge in [0.1, 0.15) is 0 Å². The van der Waals surface area contributed by atoms with Crippen molar-refractivity contribution in [3.05, 3.63) is 74.8 Å². The number of pyridine rings is 1. The molecule has 2 aromatic carbocycles. The van der Waals surface area contributed by atoms with Crippen LogP contribution in [0.5, 0.6) is 11.5 Å². The van der Waals surface area contributed by atoms with E-state index in [4.69, 9.17) is 9.47 Å². The molecule has 1 aliphatic heterocycles. The molecule has 0 amide bonds.